The van der Waals surface area contributed by atoms with Crippen molar-refractivity contribution in [3.05, 3.63) is 59.7 Å². The van der Waals surface area contributed by atoms with Gasteiger partial charge in [-0.15, -0.1) is 0 Å². The molecule has 0 heterocycles. The maximum Gasteiger partial charge on any atom is 0.338 e. The molecule has 0 unspecified atom stereocenters. The number of fused-ring (bicyclic) bond motifs is 1. The highest BCUT2D eigenvalue weighted by Crippen LogP contribution is 2.49. The van der Waals surface area contributed by atoms with Crippen LogP contribution in [0.15, 0.2) is 54.1 Å². The van der Waals surface area contributed by atoms with Crippen LogP contribution in [0.5, 0.6) is 0 Å². The topological polar surface area (TPSA) is 175 Å². The summed E-state index contributed by atoms with van der Waals surface area (Å²) in [6, 6.07) is 8.07. The van der Waals surface area contributed by atoms with E-state index < -0.39 is 94.5 Å². The number of allylic oxidation sites excluding steroid dienone is 1. The van der Waals surface area contributed by atoms with Crippen molar-refractivity contribution in [2.75, 3.05) is 0 Å². The zero-order valence-corrected chi connectivity index (χ0v) is 30.1. The van der Waals surface area contributed by atoms with Gasteiger partial charge in [0.05, 0.1) is 5.56 Å². The number of ketones is 1. The average molecular weight is 699 g/mol. The third kappa shape index (κ3) is 8.85. The first-order valence-corrected chi connectivity index (χ1v) is 16.3. The van der Waals surface area contributed by atoms with Crippen molar-refractivity contribution in [1.29, 1.82) is 0 Å². The van der Waals surface area contributed by atoms with Crippen molar-refractivity contribution in [1.82, 2.24) is 0 Å². The fourth-order valence-corrected chi connectivity index (χ4v) is 6.70. The molecule has 13 heteroatoms. The Labute approximate surface area is 291 Å². The molecule has 2 aliphatic rings. The maximum absolute atomic E-state index is 14.7. The van der Waals surface area contributed by atoms with Gasteiger partial charge in [0.2, 0.25) is 0 Å². The van der Waals surface area contributed by atoms with E-state index in [-0.39, 0.29) is 17.6 Å². The van der Waals surface area contributed by atoms with Crippen LogP contribution >= 0.6 is 0 Å². The molecule has 1 fully saturated rings. The monoisotopic (exact) mass is 698 g/mol. The van der Waals surface area contributed by atoms with E-state index in [0.717, 1.165) is 34.6 Å². The number of Topliss-reactive ketones (excluding diaryl/α,β-unsaturated/α-hetero) is 1. The smallest absolute Gasteiger partial charge is 0.338 e. The van der Waals surface area contributed by atoms with E-state index in [1.54, 1.807) is 52.0 Å². The molecule has 0 spiro atoms. The van der Waals surface area contributed by atoms with Crippen LogP contribution in [0.2, 0.25) is 0 Å². The second kappa shape index (κ2) is 15.4. The van der Waals surface area contributed by atoms with Crippen molar-refractivity contribution in [3.63, 3.8) is 0 Å². The molecule has 0 aromatic heterocycles. The Morgan fingerprint density at radius 3 is 1.76 bits per heavy atom. The van der Waals surface area contributed by atoms with Gasteiger partial charge >= 0.3 is 35.8 Å². The van der Waals surface area contributed by atoms with Crippen LogP contribution in [0.25, 0.3) is 0 Å². The minimum atomic E-state index is -2.15. The second-order valence-electron chi connectivity index (χ2n) is 13.6. The van der Waals surface area contributed by atoms with Crippen LogP contribution in [0.3, 0.4) is 0 Å². The Hall–Kier alpha value is -4.81. The third-order valence-electron chi connectivity index (χ3n) is 8.68. The second-order valence-corrected chi connectivity index (χ2v) is 13.6. The Kier molecular flexibility index (Phi) is 12.2. The molecular weight excluding hydrogens is 652 g/mol. The van der Waals surface area contributed by atoms with Crippen molar-refractivity contribution >= 4 is 41.6 Å². The van der Waals surface area contributed by atoms with E-state index in [2.05, 4.69) is 0 Å². The molecule has 8 atom stereocenters. The minimum absolute atomic E-state index is 0.0684. The average Bonchev–Trinajstić information content (AvgIpc) is 3.24. The van der Waals surface area contributed by atoms with Crippen molar-refractivity contribution in [2.45, 2.75) is 111 Å². The molecule has 2 aliphatic carbocycles. The Balaban J connectivity index is 2.53. The summed E-state index contributed by atoms with van der Waals surface area (Å²) in [5, 5.41) is 0. The highest BCUT2D eigenvalue weighted by atomic mass is 16.6. The molecule has 0 saturated heterocycles. The fraction of sp³-hybridized carbons (Fsp3) is 0.541. The summed E-state index contributed by atoms with van der Waals surface area (Å²) in [5.41, 5.74) is -5.31. The van der Waals surface area contributed by atoms with Gasteiger partial charge in [-0.2, -0.15) is 0 Å². The van der Waals surface area contributed by atoms with Gasteiger partial charge in [-0.1, -0.05) is 58.0 Å². The summed E-state index contributed by atoms with van der Waals surface area (Å²) in [4.78, 5) is 91.9. The summed E-state index contributed by atoms with van der Waals surface area (Å²) in [5.74, 6) is -7.19. The van der Waals surface area contributed by atoms with Crippen LogP contribution in [0, 0.1) is 17.3 Å². The number of hydrogen-bond acceptors (Lipinski definition) is 13. The molecule has 3 rings (SSSR count). The molecular formula is C37H46O13. The largest absolute Gasteiger partial charge is 0.458 e. The lowest BCUT2D eigenvalue weighted by Crippen LogP contribution is -2.60. The molecule has 0 aliphatic heterocycles. The molecule has 1 aromatic carbocycles. The first kappa shape index (κ1) is 39.6. The van der Waals surface area contributed by atoms with Gasteiger partial charge in [0.15, 0.2) is 35.3 Å². The van der Waals surface area contributed by atoms with Gasteiger partial charge in [-0.25, -0.2) is 4.79 Å². The molecule has 0 radical (unpaired) electrons. The predicted molar refractivity (Wildman–Crippen MR) is 176 cm³/mol. The van der Waals surface area contributed by atoms with Crippen molar-refractivity contribution < 1.29 is 62.0 Å². The number of hydrogen-bond donors (Lipinski definition) is 0. The summed E-state index contributed by atoms with van der Waals surface area (Å²) in [7, 11) is 0. The summed E-state index contributed by atoms with van der Waals surface area (Å²) >= 11 is 0. The van der Waals surface area contributed by atoms with E-state index in [4.69, 9.17) is 28.4 Å². The van der Waals surface area contributed by atoms with E-state index in [1.807, 2.05) is 0 Å². The highest BCUT2D eigenvalue weighted by Gasteiger charge is 2.61. The Morgan fingerprint density at radius 1 is 0.700 bits per heavy atom. The van der Waals surface area contributed by atoms with Crippen molar-refractivity contribution in [3.8, 4) is 0 Å². The predicted octanol–water partition coefficient (Wildman–Crippen LogP) is 4.40. The molecule has 272 valence electrons. The first-order valence-electron chi connectivity index (χ1n) is 16.3. The van der Waals surface area contributed by atoms with E-state index in [9.17, 15) is 33.6 Å². The van der Waals surface area contributed by atoms with Crippen LogP contribution in [-0.2, 0) is 57.2 Å². The summed E-state index contributed by atoms with van der Waals surface area (Å²) in [6.07, 6.45) is -1.78. The van der Waals surface area contributed by atoms with Crippen LogP contribution < -0.4 is 0 Å². The van der Waals surface area contributed by atoms with Crippen LogP contribution in [0.1, 0.15) is 86.0 Å². The van der Waals surface area contributed by atoms with Gasteiger partial charge in [0.25, 0.3) is 0 Å². The van der Waals surface area contributed by atoms with E-state index in [1.165, 1.54) is 31.2 Å². The van der Waals surface area contributed by atoms with E-state index >= 15 is 0 Å². The zero-order valence-electron chi connectivity index (χ0n) is 30.1. The number of carbonyl (C=O) groups is 7. The van der Waals surface area contributed by atoms with E-state index in [0.29, 0.717) is 0 Å². The molecule has 0 amide bonds. The normalized spacial score (nSPS) is 32.3. The summed E-state index contributed by atoms with van der Waals surface area (Å²) in [6.45, 7) is 13.4. The highest BCUT2D eigenvalue weighted by molar-refractivity contribution is 5.97. The first-order chi connectivity index (χ1) is 23.1. The van der Waals surface area contributed by atoms with Gasteiger partial charge in [-0.3, -0.25) is 28.8 Å². The van der Waals surface area contributed by atoms with Gasteiger partial charge in [0, 0.05) is 63.9 Å². The quantitative estimate of drug-likeness (QED) is 0.223. The fourth-order valence-electron chi connectivity index (χ4n) is 6.70. The van der Waals surface area contributed by atoms with Crippen molar-refractivity contribution in [2.24, 2.45) is 17.3 Å². The minimum Gasteiger partial charge on any atom is -0.458 e. The SMILES string of the molecule is CC(=O)O[C@@H]1[C@@H](OC(C)=O)C(C)(C)/C=C/[C@@H](C)C(=O)[C@@]2(OC(C)=O)C[C@H](C)[C@H](OC(=O)c3ccccc3)/C2=C\[C@](C)(OC(C)=O)[C@@H]1OC(C)=O. The number of rotatable bonds is 7. The lowest BCUT2D eigenvalue weighted by atomic mass is 9.74. The number of benzene rings is 1. The molecule has 0 bridgehead atoms. The summed E-state index contributed by atoms with van der Waals surface area (Å²) < 4.78 is 35.2. The number of esters is 6. The maximum atomic E-state index is 14.7. The zero-order chi connectivity index (χ0) is 37.8. The number of carbonyl (C=O) groups excluding carboxylic acids is 7. The molecule has 1 aromatic rings. The van der Waals surface area contributed by atoms with Gasteiger partial charge in [-0.05, 0) is 25.1 Å². The lowest BCUT2D eigenvalue weighted by molar-refractivity contribution is -0.213. The molecule has 50 heavy (non-hydrogen) atoms. The Bertz CT molecular complexity index is 1570. The van der Waals surface area contributed by atoms with Gasteiger partial charge < -0.3 is 28.4 Å². The standard InChI is InChI=1S/C37H46O13/c1-20-16-17-35(8,9)32(46-23(4)39)30(45-22(3)38)33(47-24(5)40)36(10,49-25(6)41)19-28-29(48-34(44)27-14-12-11-13-15-27)21(2)18-37(28,31(20)43)50-26(7)42/h11-17,19-21,29-30,32-33H,18H2,1-10H3/b17-16+,28-19+/t20-,21+,29+,30-,32-,33-,36+,37-/m1/s1. The van der Waals surface area contributed by atoms with Gasteiger partial charge in [0.1, 0.15) is 6.10 Å². The number of ether oxygens (including phenoxy) is 6. The Morgan fingerprint density at radius 2 is 1.24 bits per heavy atom. The van der Waals surface area contributed by atoms with Crippen LogP contribution in [0.4, 0.5) is 0 Å². The lowest BCUT2D eigenvalue weighted by Gasteiger charge is -2.45. The van der Waals surface area contributed by atoms with Crippen LogP contribution in [-0.4, -0.2) is 77.2 Å². The molecule has 13 nitrogen and oxygen atoms in total. The molecule has 0 N–H and O–H groups in total. The molecule has 1 saturated carbocycles. The third-order valence-corrected chi connectivity index (χ3v) is 8.68.